The van der Waals surface area contributed by atoms with Gasteiger partial charge < -0.3 is 5.32 Å². The van der Waals surface area contributed by atoms with Crippen molar-refractivity contribution in [3.05, 3.63) is 22.8 Å². The van der Waals surface area contributed by atoms with Crippen LogP contribution in [0.4, 0.5) is 5.82 Å². The van der Waals surface area contributed by atoms with E-state index in [0.29, 0.717) is 11.7 Å². The van der Waals surface area contributed by atoms with Gasteiger partial charge in [0, 0.05) is 16.6 Å². The highest BCUT2D eigenvalue weighted by molar-refractivity contribution is 9.10. The zero-order valence-corrected chi connectivity index (χ0v) is 10.1. The van der Waals surface area contributed by atoms with Crippen LogP contribution in [0.3, 0.4) is 0 Å². The minimum absolute atomic E-state index is 0.104. The number of aromatic nitrogens is 1. The highest BCUT2D eigenvalue weighted by Gasteiger charge is 2.41. The van der Waals surface area contributed by atoms with E-state index in [0.717, 1.165) is 17.3 Å². The Kier molecular flexibility index (Phi) is 3.05. The summed E-state index contributed by atoms with van der Waals surface area (Å²) in [6, 6.07) is 3.64. The van der Waals surface area contributed by atoms with Gasteiger partial charge in [-0.05, 0) is 24.5 Å². The number of carbonyl (C=O) groups is 1. The standard InChI is InChI=1S/C11H13BrN2O/c1-2-7-5-9(7)11(15)14-10-6-8(12)3-4-13-10/h3-4,6-7,9H,2,5H2,1H3,(H,13,14,15). The van der Waals surface area contributed by atoms with Crippen molar-refractivity contribution in [2.24, 2.45) is 11.8 Å². The number of rotatable bonds is 3. The molecule has 1 fully saturated rings. The molecule has 0 aliphatic heterocycles. The van der Waals surface area contributed by atoms with E-state index in [1.54, 1.807) is 12.3 Å². The number of hydrogen-bond donors (Lipinski definition) is 1. The van der Waals surface area contributed by atoms with E-state index in [1.165, 1.54) is 0 Å². The van der Waals surface area contributed by atoms with Crippen molar-refractivity contribution in [2.45, 2.75) is 19.8 Å². The van der Waals surface area contributed by atoms with Gasteiger partial charge in [-0.2, -0.15) is 0 Å². The van der Waals surface area contributed by atoms with Crippen molar-refractivity contribution in [2.75, 3.05) is 5.32 Å². The molecule has 1 heterocycles. The predicted molar refractivity (Wildman–Crippen MR) is 62.5 cm³/mol. The zero-order chi connectivity index (χ0) is 10.8. The molecule has 80 valence electrons. The van der Waals surface area contributed by atoms with E-state index >= 15 is 0 Å². The fourth-order valence-corrected chi connectivity index (χ4v) is 2.05. The number of halogens is 1. The summed E-state index contributed by atoms with van der Waals surface area (Å²) in [6.07, 6.45) is 3.78. The molecule has 2 rings (SSSR count). The van der Waals surface area contributed by atoms with Crippen LogP contribution in [0.2, 0.25) is 0 Å². The Morgan fingerprint density at radius 1 is 1.73 bits per heavy atom. The molecule has 2 atom stereocenters. The SMILES string of the molecule is CCC1CC1C(=O)Nc1cc(Br)ccn1. The van der Waals surface area contributed by atoms with Crippen LogP contribution < -0.4 is 5.32 Å². The van der Waals surface area contributed by atoms with Crippen molar-refractivity contribution < 1.29 is 4.79 Å². The number of nitrogens with zero attached hydrogens (tertiary/aromatic N) is 1. The average Bonchev–Trinajstić information content (AvgIpc) is 2.96. The summed E-state index contributed by atoms with van der Waals surface area (Å²) in [5.74, 6) is 1.51. The summed E-state index contributed by atoms with van der Waals surface area (Å²) < 4.78 is 0.927. The first-order chi connectivity index (χ1) is 7.20. The molecular weight excluding hydrogens is 256 g/mol. The Hall–Kier alpha value is -0.900. The average molecular weight is 269 g/mol. The summed E-state index contributed by atoms with van der Waals surface area (Å²) in [4.78, 5) is 15.8. The molecular formula is C11H13BrN2O. The summed E-state index contributed by atoms with van der Waals surface area (Å²) in [5, 5.41) is 2.83. The molecule has 0 bridgehead atoms. The summed E-state index contributed by atoms with van der Waals surface area (Å²) in [5.41, 5.74) is 0. The molecule has 3 nitrogen and oxygen atoms in total. The number of hydrogen-bond acceptors (Lipinski definition) is 2. The van der Waals surface area contributed by atoms with E-state index in [2.05, 4.69) is 33.2 Å². The number of anilines is 1. The third-order valence-corrected chi connectivity index (χ3v) is 3.25. The maximum Gasteiger partial charge on any atom is 0.228 e. The molecule has 1 saturated carbocycles. The minimum atomic E-state index is 0.104. The van der Waals surface area contributed by atoms with Gasteiger partial charge in [-0.15, -0.1) is 0 Å². The van der Waals surface area contributed by atoms with Crippen LogP contribution in [0, 0.1) is 11.8 Å². The molecule has 15 heavy (non-hydrogen) atoms. The molecule has 0 spiro atoms. The van der Waals surface area contributed by atoms with E-state index in [4.69, 9.17) is 0 Å². The molecule has 1 aliphatic rings. The van der Waals surface area contributed by atoms with Crippen LogP contribution in [0.25, 0.3) is 0 Å². The van der Waals surface area contributed by atoms with Gasteiger partial charge in [-0.25, -0.2) is 4.98 Å². The third-order valence-electron chi connectivity index (χ3n) is 2.76. The Bertz CT molecular complexity index is 381. The maximum atomic E-state index is 11.7. The number of amides is 1. The molecule has 1 amide bonds. The first-order valence-corrected chi connectivity index (χ1v) is 5.92. The number of nitrogens with one attached hydrogen (secondary N) is 1. The molecule has 1 aliphatic carbocycles. The second-order valence-corrected chi connectivity index (χ2v) is 4.77. The fraction of sp³-hybridized carbons (Fsp3) is 0.455. The quantitative estimate of drug-likeness (QED) is 0.916. The first kappa shape index (κ1) is 10.6. The highest BCUT2D eigenvalue weighted by atomic mass is 79.9. The minimum Gasteiger partial charge on any atom is -0.310 e. The Balaban J connectivity index is 1.95. The predicted octanol–water partition coefficient (Wildman–Crippen LogP) is 2.83. The lowest BCUT2D eigenvalue weighted by atomic mass is 10.2. The highest BCUT2D eigenvalue weighted by Crippen LogP contribution is 2.41. The van der Waals surface area contributed by atoms with Gasteiger partial charge >= 0.3 is 0 Å². The Morgan fingerprint density at radius 2 is 2.53 bits per heavy atom. The van der Waals surface area contributed by atoms with Crippen molar-refractivity contribution in [3.8, 4) is 0 Å². The second kappa shape index (κ2) is 4.31. The van der Waals surface area contributed by atoms with Gasteiger partial charge in [0.05, 0.1) is 0 Å². The Morgan fingerprint density at radius 3 is 3.13 bits per heavy atom. The van der Waals surface area contributed by atoms with Crippen LogP contribution in [0.15, 0.2) is 22.8 Å². The monoisotopic (exact) mass is 268 g/mol. The normalized spacial score (nSPS) is 23.6. The lowest BCUT2D eigenvalue weighted by Crippen LogP contribution is -2.15. The summed E-state index contributed by atoms with van der Waals surface area (Å²) in [6.45, 7) is 2.12. The zero-order valence-electron chi connectivity index (χ0n) is 8.53. The van der Waals surface area contributed by atoms with E-state index in [9.17, 15) is 4.79 Å². The van der Waals surface area contributed by atoms with E-state index < -0.39 is 0 Å². The molecule has 1 aromatic rings. The van der Waals surface area contributed by atoms with Crippen LogP contribution in [0.1, 0.15) is 19.8 Å². The van der Waals surface area contributed by atoms with Gasteiger partial charge in [0.1, 0.15) is 5.82 Å². The van der Waals surface area contributed by atoms with E-state index in [-0.39, 0.29) is 11.8 Å². The van der Waals surface area contributed by atoms with Crippen molar-refractivity contribution in [1.82, 2.24) is 4.98 Å². The van der Waals surface area contributed by atoms with Gasteiger partial charge in [-0.3, -0.25) is 4.79 Å². The van der Waals surface area contributed by atoms with Crippen LogP contribution in [-0.4, -0.2) is 10.9 Å². The molecule has 4 heteroatoms. The first-order valence-electron chi connectivity index (χ1n) is 5.13. The van der Waals surface area contributed by atoms with Crippen LogP contribution in [-0.2, 0) is 4.79 Å². The third kappa shape index (κ3) is 2.56. The molecule has 1 aromatic heterocycles. The van der Waals surface area contributed by atoms with Crippen molar-refractivity contribution >= 4 is 27.7 Å². The maximum absolute atomic E-state index is 11.7. The number of pyridine rings is 1. The molecule has 2 unspecified atom stereocenters. The van der Waals surface area contributed by atoms with Gasteiger partial charge in [0.15, 0.2) is 0 Å². The molecule has 0 radical (unpaired) electrons. The van der Waals surface area contributed by atoms with Crippen LogP contribution in [0.5, 0.6) is 0 Å². The molecule has 0 aromatic carbocycles. The smallest absolute Gasteiger partial charge is 0.228 e. The lowest BCUT2D eigenvalue weighted by Gasteiger charge is -2.03. The van der Waals surface area contributed by atoms with Gasteiger partial charge in [0.2, 0.25) is 5.91 Å². The van der Waals surface area contributed by atoms with E-state index in [1.807, 2.05) is 6.07 Å². The van der Waals surface area contributed by atoms with Crippen LogP contribution >= 0.6 is 15.9 Å². The lowest BCUT2D eigenvalue weighted by molar-refractivity contribution is -0.117. The second-order valence-electron chi connectivity index (χ2n) is 3.86. The van der Waals surface area contributed by atoms with Gasteiger partial charge in [0.25, 0.3) is 0 Å². The Labute approximate surface area is 97.4 Å². The number of carbonyl (C=O) groups excluding carboxylic acids is 1. The summed E-state index contributed by atoms with van der Waals surface area (Å²) >= 11 is 3.34. The van der Waals surface area contributed by atoms with Crippen molar-refractivity contribution in [1.29, 1.82) is 0 Å². The fourth-order valence-electron chi connectivity index (χ4n) is 1.71. The van der Waals surface area contributed by atoms with Gasteiger partial charge in [-0.1, -0.05) is 29.3 Å². The molecule has 0 saturated heterocycles. The summed E-state index contributed by atoms with van der Waals surface area (Å²) in [7, 11) is 0. The largest absolute Gasteiger partial charge is 0.310 e. The molecule has 1 N–H and O–H groups in total. The van der Waals surface area contributed by atoms with Crippen molar-refractivity contribution in [3.63, 3.8) is 0 Å². The topological polar surface area (TPSA) is 42.0 Å².